The third kappa shape index (κ3) is 3.57. The molecule has 0 radical (unpaired) electrons. The maximum atomic E-state index is 11.0. The topological polar surface area (TPSA) is 50.4 Å². The molecule has 0 spiro atoms. The summed E-state index contributed by atoms with van der Waals surface area (Å²) in [6.45, 7) is 2.56. The molecule has 0 aliphatic heterocycles. The maximum absolute atomic E-state index is 11.0. The van der Waals surface area contributed by atoms with Gasteiger partial charge in [-0.15, -0.1) is 0 Å². The van der Waals surface area contributed by atoms with E-state index >= 15 is 0 Å². The molecule has 1 atom stereocenters. The van der Waals surface area contributed by atoms with Gasteiger partial charge < -0.3 is 15.4 Å². The van der Waals surface area contributed by atoms with Gasteiger partial charge in [0.25, 0.3) is 0 Å². The number of carbonyl (C=O) groups is 1. The van der Waals surface area contributed by atoms with Crippen LogP contribution < -0.4 is 10.6 Å². The molecule has 2 N–H and O–H groups in total. The minimum absolute atomic E-state index is 0.0613. The molecule has 12 heavy (non-hydrogen) atoms. The van der Waals surface area contributed by atoms with Gasteiger partial charge in [0.05, 0.1) is 0 Å². The van der Waals surface area contributed by atoms with Crippen LogP contribution in [0.4, 0.5) is 4.79 Å². The summed E-state index contributed by atoms with van der Waals surface area (Å²) in [6.07, 6.45) is 1.83. The van der Waals surface area contributed by atoms with Crippen LogP contribution in [0.3, 0.4) is 0 Å². The highest BCUT2D eigenvalue weighted by atomic mass is 16.6. The Kier molecular flexibility index (Phi) is 3.34. The summed E-state index contributed by atoms with van der Waals surface area (Å²) in [5.41, 5.74) is 0. The van der Waals surface area contributed by atoms with Crippen molar-refractivity contribution in [2.24, 2.45) is 0 Å². The number of carbonyl (C=O) groups excluding carboxylic acids is 1. The first kappa shape index (κ1) is 9.32. The molecule has 1 amide bonds. The fourth-order valence-electron chi connectivity index (χ4n) is 0.940. The Morgan fingerprint density at radius 3 is 2.83 bits per heavy atom. The van der Waals surface area contributed by atoms with Crippen LogP contribution in [0.15, 0.2) is 0 Å². The van der Waals surface area contributed by atoms with Crippen LogP contribution in [0.25, 0.3) is 0 Å². The van der Waals surface area contributed by atoms with Crippen LogP contribution in [0.1, 0.15) is 19.8 Å². The summed E-state index contributed by atoms with van der Waals surface area (Å²) in [5, 5.41) is 5.69. The molecule has 0 heterocycles. The van der Waals surface area contributed by atoms with Gasteiger partial charge in [-0.25, -0.2) is 4.79 Å². The molecule has 0 aromatic carbocycles. The fraction of sp³-hybridized carbons (Fsp3) is 0.875. The minimum atomic E-state index is -0.291. The Labute approximate surface area is 72.7 Å². The van der Waals surface area contributed by atoms with E-state index in [0.717, 1.165) is 12.8 Å². The van der Waals surface area contributed by atoms with Crippen molar-refractivity contribution < 1.29 is 9.53 Å². The van der Waals surface area contributed by atoms with E-state index in [1.807, 2.05) is 14.0 Å². The molecule has 1 aliphatic carbocycles. The molecule has 1 rings (SSSR count). The van der Waals surface area contributed by atoms with E-state index in [4.69, 9.17) is 4.74 Å². The average Bonchev–Trinajstić information content (AvgIpc) is 2.71. The predicted octanol–water partition coefficient (Wildman–Crippen LogP) is 0.483. The highest BCUT2D eigenvalue weighted by molar-refractivity contribution is 5.68. The van der Waals surface area contributed by atoms with Gasteiger partial charge in [0, 0.05) is 12.6 Å². The normalized spacial score (nSPS) is 18.5. The van der Waals surface area contributed by atoms with Gasteiger partial charge in [0.2, 0.25) is 0 Å². The van der Waals surface area contributed by atoms with Crippen LogP contribution in [-0.4, -0.2) is 31.8 Å². The average molecular weight is 172 g/mol. The van der Waals surface area contributed by atoms with E-state index in [0.29, 0.717) is 12.6 Å². The molecule has 4 heteroatoms. The van der Waals surface area contributed by atoms with Crippen molar-refractivity contribution in [1.29, 1.82) is 0 Å². The molecule has 1 unspecified atom stereocenters. The lowest BCUT2D eigenvalue weighted by molar-refractivity contribution is 0.107. The van der Waals surface area contributed by atoms with Crippen LogP contribution in [0.2, 0.25) is 0 Å². The lowest BCUT2D eigenvalue weighted by Crippen LogP contribution is -2.33. The Morgan fingerprint density at radius 1 is 1.67 bits per heavy atom. The van der Waals surface area contributed by atoms with Crippen molar-refractivity contribution in [3.05, 3.63) is 0 Å². The second-order valence-electron chi connectivity index (χ2n) is 3.19. The Hall–Kier alpha value is -0.770. The summed E-state index contributed by atoms with van der Waals surface area (Å²) >= 11 is 0. The van der Waals surface area contributed by atoms with E-state index < -0.39 is 0 Å². The minimum Gasteiger partial charge on any atom is -0.445 e. The molecule has 1 aliphatic rings. The Balaban J connectivity index is 2.06. The highest BCUT2D eigenvalue weighted by Gasteiger charge is 2.24. The first-order chi connectivity index (χ1) is 5.72. The SMILES string of the molecule is CNCC(C)OC(=O)NC1CC1. The van der Waals surface area contributed by atoms with Crippen LogP contribution in [0.5, 0.6) is 0 Å². The predicted molar refractivity (Wildman–Crippen MR) is 46.0 cm³/mol. The third-order valence-electron chi connectivity index (χ3n) is 1.70. The van der Waals surface area contributed by atoms with Crippen molar-refractivity contribution >= 4 is 6.09 Å². The van der Waals surface area contributed by atoms with Gasteiger partial charge in [-0.1, -0.05) is 0 Å². The number of nitrogens with one attached hydrogen (secondary N) is 2. The largest absolute Gasteiger partial charge is 0.445 e. The van der Waals surface area contributed by atoms with E-state index in [1.54, 1.807) is 0 Å². The first-order valence-corrected chi connectivity index (χ1v) is 4.34. The second-order valence-corrected chi connectivity index (χ2v) is 3.19. The smallest absolute Gasteiger partial charge is 0.407 e. The number of hydrogen-bond acceptors (Lipinski definition) is 3. The number of ether oxygens (including phenoxy) is 1. The molecular weight excluding hydrogens is 156 g/mol. The van der Waals surface area contributed by atoms with E-state index in [-0.39, 0.29) is 12.2 Å². The molecule has 0 saturated heterocycles. The van der Waals surface area contributed by atoms with Gasteiger partial charge in [0.15, 0.2) is 0 Å². The van der Waals surface area contributed by atoms with Crippen molar-refractivity contribution in [2.75, 3.05) is 13.6 Å². The zero-order valence-corrected chi connectivity index (χ0v) is 7.59. The van der Waals surface area contributed by atoms with Crippen molar-refractivity contribution in [2.45, 2.75) is 31.9 Å². The summed E-state index contributed by atoms with van der Waals surface area (Å²) < 4.78 is 5.03. The first-order valence-electron chi connectivity index (χ1n) is 4.34. The molecule has 0 bridgehead atoms. The van der Waals surface area contributed by atoms with E-state index in [9.17, 15) is 4.79 Å². The molecular formula is C8H16N2O2. The molecule has 1 saturated carbocycles. The third-order valence-corrected chi connectivity index (χ3v) is 1.70. The molecule has 4 nitrogen and oxygen atoms in total. The number of rotatable bonds is 4. The highest BCUT2D eigenvalue weighted by Crippen LogP contribution is 2.18. The van der Waals surface area contributed by atoms with Crippen molar-refractivity contribution in [3.63, 3.8) is 0 Å². The Morgan fingerprint density at radius 2 is 2.33 bits per heavy atom. The monoisotopic (exact) mass is 172 g/mol. The van der Waals surface area contributed by atoms with Gasteiger partial charge in [-0.3, -0.25) is 0 Å². The second kappa shape index (κ2) is 4.30. The number of alkyl carbamates (subject to hydrolysis) is 1. The van der Waals surface area contributed by atoms with Gasteiger partial charge in [0.1, 0.15) is 6.10 Å². The summed E-state index contributed by atoms with van der Waals surface area (Å²) in [7, 11) is 1.83. The zero-order chi connectivity index (χ0) is 8.97. The van der Waals surface area contributed by atoms with E-state index in [1.165, 1.54) is 0 Å². The van der Waals surface area contributed by atoms with Crippen LogP contribution >= 0.6 is 0 Å². The zero-order valence-electron chi connectivity index (χ0n) is 7.59. The number of amides is 1. The molecule has 0 aromatic rings. The number of hydrogen-bond donors (Lipinski definition) is 2. The van der Waals surface area contributed by atoms with Crippen molar-refractivity contribution in [1.82, 2.24) is 10.6 Å². The maximum Gasteiger partial charge on any atom is 0.407 e. The molecule has 70 valence electrons. The molecule has 0 aromatic heterocycles. The fourth-order valence-corrected chi connectivity index (χ4v) is 0.940. The van der Waals surface area contributed by atoms with Crippen molar-refractivity contribution in [3.8, 4) is 0 Å². The van der Waals surface area contributed by atoms with Gasteiger partial charge in [-0.05, 0) is 26.8 Å². The lowest BCUT2D eigenvalue weighted by atomic mass is 10.4. The summed E-state index contributed by atoms with van der Waals surface area (Å²) in [4.78, 5) is 11.0. The van der Waals surface area contributed by atoms with Gasteiger partial charge in [-0.2, -0.15) is 0 Å². The quantitative estimate of drug-likeness (QED) is 0.648. The number of likely N-dealkylation sites (N-methyl/N-ethyl adjacent to an activating group) is 1. The lowest BCUT2D eigenvalue weighted by Gasteiger charge is -2.12. The molecule has 1 fully saturated rings. The van der Waals surface area contributed by atoms with E-state index in [2.05, 4.69) is 10.6 Å². The van der Waals surface area contributed by atoms with Gasteiger partial charge >= 0.3 is 6.09 Å². The van der Waals surface area contributed by atoms with Crippen LogP contribution in [-0.2, 0) is 4.74 Å². The summed E-state index contributed by atoms with van der Waals surface area (Å²) in [6, 6.07) is 0.374. The van der Waals surface area contributed by atoms with Crippen LogP contribution in [0, 0.1) is 0 Å². The standard InChI is InChI=1S/C8H16N2O2/c1-6(5-9-2)12-8(11)10-7-3-4-7/h6-7,9H,3-5H2,1-2H3,(H,10,11). The summed E-state index contributed by atoms with van der Waals surface area (Å²) in [5.74, 6) is 0. The Bertz CT molecular complexity index is 157.